The highest BCUT2D eigenvalue weighted by molar-refractivity contribution is 9.10. The highest BCUT2D eigenvalue weighted by atomic mass is 79.9. The van der Waals surface area contributed by atoms with Crippen molar-refractivity contribution in [2.45, 2.75) is 31.1 Å². The standard InChI is InChI=1S/C18H18BrNO3/c19-15-8-6-14(7-9-15)18(22)10-16(11-18)20-17(21)23-12-13-4-2-1-3-5-13/h1-9,16,22H,10-12H2,(H,20,21). The highest BCUT2D eigenvalue weighted by Gasteiger charge is 2.44. The molecule has 0 bridgehead atoms. The molecule has 1 saturated carbocycles. The number of benzene rings is 2. The molecule has 23 heavy (non-hydrogen) atoms. The lowest BCUT2D eigenvalue weighted by Gasteiger charge is -2.44. The predicted octanol–water partition coefficient (Wildman–Crippen LogP) is 3.73. The number of ether oxygens (including phenoxy) is 1. The number of amides is 1. The van der Waals surface area contributed by atoms with Gasteiger partial charge in [-0.1, -0.05) is 58.4 Å². The largest absolute Gasteiger partial charge is 0.445 e. The van der Waals surface area contributed by atoms with Crippen LogP contribution in [0.5, 0.6) is 0 Å². The lowest BCUT2D eigenvalue weighted by molar-refractivity contribution is -0.0608. The summed E-state index contributed by atoms with van der Waals surface area (Å²) in [5.74, 6) is 0. The molecule has 0 aliphatic heterocycles. The smallest absolute Gasteiger partial charge is 0.407 e. The topological polar surface area (TPSA) is 58.6 Å². The first-order valence-electron chi connectivity index (χ1n) is 7.51. The summed E-state index contributed by atoms with van der Waals surface area (Å²) in [4.78, 5) is 11.8. The summed E-state index contributed by atoms with van der Waals surface area (Å²) in [6.07, 6.45) is 0.543. The molecular weight excluding hydrogens is 358 g/mol. The van der Waals surface area contributed by atoms with Crippen LogP contribution in [0.3, 0.4) is 0 Å². The van der Waals surface area contributed by atoms with E-state index in [4.69, 9.17) is 4.74 Å². The second-order valence-corrected chi connectivity index (χ2v) is 6.77. The summed E-state index contributed by atoms with van der Waals surface area (Å²) in [7, 11) is 0. The summed E-state index contributed by atoms with van der Waals surface area (Å²) >= 11 is 3.38. The second-order valence-electron chi connectivity index (χ2n) is 5.85. The van der Waals surface area contributed by atoms with Gasteiger partial charge < -0.3 is 15.2 Å². The third-order valence-corrected chi connectivity index (χ3v) is 4.61. The third-order valence-electron chi connectivity index (χ3n) is 4.08. The van der Waals surface area contributed by atoms with Gasteiger partial charge in [-0.2, -0.15) is 0 Å². The number of aliphatic hydroxyl groups is 1. The van der Waals surface area contributed by atoms with Gasteiger partial charge in [0, 0.05) is 23.4 Å². The van der Waals surface area contributed by atoms with Crippen molar-refractivity contribution in [1.29, 1.82) is 0 Å². The molecule has 0 heterocycles. The van der Waals surface area contributed by atoms with Crippen LogP contribution in [0.25, 0.3) is 0 Å². The van der Waals surface area contributed by atoms with Gasteiger partial charge in [0.15, 0.2) is 0 Å². The molecule has 4 nitrogen and oxygen atoms in total. The highest BCUT2D eigenvalue weighted by Crippen LogP contribution is 2.41. The third kappa shape index (κ3) is 3.92. The summed E-state index contributed by atoms with van der Waals surface area (Å²) in [5, 5.41) is 13.3. The maximum Gasteiger partial charge on any atom is 0.407 e. The molecule has 0 atom stereocenters. The summed E-state index contributed by atoms with van der Waals surface area (Å²) in [6.45, 7) is 0.246. The van der Waals surface area contributed by atoms with Gasteiger partial charge in [-0.3, -0.25) is 0 Å². The van der Waals surface area contributed by atoms with E-state index in [-0.39, 0.29) is 12.6 Å². The lowest BCUT2D eigenvalue weighted by atomic mass is 9.71. The minimum atomic E-state index is -0.863. The van der Waals surface area contributed by atoms with E-state index in [1.54, 1.807) is 0 Å². The van der Waals surface area contributed by atoms with Crippen LogP contribution in [0.15, 0.2) is 59.1 Å². The summed E-state index contributed by atoms with van der Waals surface area (Å²) < 4.78 is 6.16. The Morgan fingerprint density at radius 2 is 1.83 bits per heavy atom. The average molecular weight is 376 g/mol. The van der Waals surface area contributed by atoms with E-state index in [9.17, 15) is 9.90 Å². The first kappa shape index (κ1) is 16.0. The molecule has 1 fully saturated rings. The maximum absolute atomic E-state index is 11.8. The van der Waals surface area contributed by atoms with Crippen molar-refractivity contribution < 1.29 is 14.6 Å². The Balaban J connectivity index is 1.46. The van der Waals surface area contributed by atoms with Crippen molar-refractivity contribution in [1.82, 2.24) is 5.32 Å². The number of rotatable bonds is 4. The van der Waals surface area contributed by atoms with E-state index in [0.29, 0.717) is 12.8 Å². The molecule has 2 N–H and O–H groups in total. The Labute approximate surface area is 143 Å². The molecular formula is C18H18BrNO3. The molecule has 1 amide bonds. The molecule has 0 aromatic heterocycles. The average Bonchev–Trinajstić information content (AvgIpc) is 2.53. The van der Waals surface area contributed by atoms with Crippen LogP contribution >= 0.6 is 15.9 Å². The van der Waals surface area contributed by atoms with Crippen LogP contribution in [0.1, 0.15) is 24.0 Å². The predicted molar refractivity (Wildman–Crippen MR) is 90.8 cm³/mol. The molecule has 2 aromatic rings. The first-order chi connectivity index (χ1) is 11.0. The number of carbonyl (C=O) groups is 1. The van der Waals surface area contributed by atoms with Gasteiger partial charge in [0.25, 0.3) is 0 Å². The van der Waals surface area contributed by atoms with Crippen LogP contribution in [-0.2, 0) is 16.9 Å². The molecule has 0 saturated heterocycles. The number of hydrogen-bond donors (Lipinski definition) is 2. The molecule has 5 heteroatoms. The minimum Gasteiger partial charge on any atom is -0.445 e. The van der Waals surface area contributed by atoms with Crippen LogP contribution in [0.2, 0.25) is 0 Å². The Morgan fingerprint density at radius 3 is 2.48 bits per heavy atom. The molecule has 120 valence electrons. The Morgan fingerprint density at radius 1 is 1.17 bits per heavy atom. The zero-order chi connectivity index (χ0) is 16.3. The monoisotopic (exact) mass is 375 g/mol. The van der Waals surface area contributed by atoms with Crippen molar-refractivity contribution in [2.24, 2.45) is 0 Å². The Bertz CT molecular complexity index is 666. The van der Waals surface area contributed by atoms with Crippen molar-refractivity contribution in [3.8, 4) is 0 Å². The quantitative estimate of drug-likeness (QED) is 0.855. The number of halogens is 1. The molecule has 3 rings (SSSR count). The van der Waals surface area contributed by atoms with Gasteiger partial charge in [-0.15, -0.1) is 0 Å². The fourth-order valence-electron chi connectivity index (χ4n) is 2.78. The van der Waals surface area contributed by atoms with E-state index in [2.05, 4.69) is 21.2 Å². The number of hydrogen-bond acceptors (Lipinski definition) is 3. The maximum atomic E-state index is 11.8. The van der Waals surface area contributed by atoms with Gasteiger partial charge >= 0.3 is 6.09 Å². The number of nitrogens with one attached hydrogen (secondary N) is 1. The van der Waals surface area contributed by atoms with E-state index in [1.165, 1.54) is 0 Å². The van der Waals surface area contributed by atoms with E-state index in [0.717, 1.165) is 15.6 Å². The molecule has 0 radical (unpaired) electrons. The Hall–Kier alpha value is -1.85. The van der Waals surface area contributed by atoms with Crippen LogP contribution in [0.4, 0.5) is 4.79 Å². The number of carbonyl (C=O) groups excluding carboxylic acids is 1. The zero-order valence-corrected chi connectivity index (χ0v) is 14.1. The normalized spacial score (nSPS) is 23.0. The van der Waals surface area contributed by atoms with E-state index in [1.807, 2.05) is 54.6 Å². The van der Waals surface area contributed by atoms with Crippen molar-refractivity contribution >= 4 is 22.0 Å². The number of alkyl carbamates (subject to hydrolysis) is 1. The van der Waals surface area contributed by atoms with Crippen LogP contribution < -0.4 is 5.32 Å². The van der Waals surface area contributed by atoms with Crippen molar-refractivity contribution in [2.75, 3.05) is 0 Å². The second kappa shape index (κ2) is 6.72. The van der Waals surface area contributed by atoms with Crippen LogP contribution in [0, 0.1) is 0 Å². The molecule has 2 aromatic carbocycles. The van der Waals surface area contributed by atoms with Gasteiger partial charge in [0.05, 0.1) is 5.60 Å². The molecule has 1 aliphatic carbocycles. The first-order valence-corrected chi connectivity index (χ1v) is 8.30. The Kier molecular flexibility index (Phi) is 4.68. The fraction of sp³-hybridized carbons (Fsp3) is 0.278. The molecule has 0 unspecified atom stereocenters. The van der Waals surface area contributed by atoms with E-state index >= 15 is 0 Å². The van der Waals surface area contributed by atoms with Gasteiger partial charge in [0.1, 0.15) is 6.61 Å². The minimum absolute atomic E-state index is 0.0630. The SMILES string of the molecule is O=C(NC1CC(O)(c2ccc(Br)cc2)C1)OCc1ccccc1. The van der Waals surface area contributed by atoms with Crippen molar-refractivity contribution in [3.63, 3.8) is 0 Å². The molecule has 1 aliphatic rings. The van der Waals surface area contributed by atoms with Crippen LogP contribution in [-0.4, -0.2) is 17.2 Å². The fourth-order valence-corrected chi connectivity index (χ4v) is 3.05. The lowest BCUT2D eigenvalue weighted by Crippen LogP contribution is -2.53. The zero-order valence-electron chi connectivity index (χ0n) is 12.5. The summed E-state index contributed by atoms with van der Waals surface area (Å²) in [5.41, 5.74) is 0.956. The molecule has 0 spiro atoms. The summed E-state index contributed by atoms with van der Waals surface area (Å²) in [6, 6.07) is 17.1. The van der Waals surface area contributed by atoms with Gasteiger partial charge in [-0.25, -0.2) is 4.79 Å². The van der Waals surface area contributed by atoms with Crippen molar-refractivity contribution in [3.05, 3.63) is 70.2 Å². The van der Waals surface area contributed by atoms with Gasteiger partial charge in [-0.05, 0) is 23.3 Å². The van der Waals surface area contributed by atoms with Gasteiger partial charge in [0.2, 0.25) is 0 Å². The van der Waals surface area contributed by atoms with E-state index < -0.39 is 11.7 Å².